The van der Waals surface area contributed by atoms with Gasteiger partial charge < -0.3 is 34.1 Å². The summed E-state index contributed by atoms with van der Waals surface area (Å²) in [5.74, 6) is -0.468. The van der Waals surface area contributed by atoms with Crippen molar-refractivity contribution in [3.63, 3.8) is 0 Å². The van der Waals surface area contributed by atoms with E-state index in [2.05, 4.69) is 15.5 Å². The van der Waals surface area contributed by atoms with Gasteiger partial charge in [-0.3, -0.25) is 18.9 Å². The molecule has 3 aliphatic heterocycles. The van der Waals surface area contributed by atoms with E-state index in [1.54, 1.807) is 16.7 Å². The zero-order valence-corrected chi connectivity index (χ0v) is 25.2. The lowest BCUT2D eigenvalue weighted by atomic mass is 10.1. The second kappa shape index (κ2) is 11.6. The van der Waals surface area contributed by atoms with Gasteiger partial charge in [-0.05, 0) is 55.7 Å². The van der Waals surface area contributed by atoms with Crippen molar-refractivity contribution in [2.45, 2.75) is 68.9 Å². The first-order chi connectivity index (χ1) is 20.8. The molecule has 6 rings (SSSR count). The molecule has 0 bridgehead atoms. The molecule has 13 nitrogen and oxygen atoms in total. The monoisotopic (exact) mass is 653 g/mol. The number of fused-ring (bicyclic) bond motifs is 2. The second-order valence-corrected chi connectivity index (χ2v) is 13.9. The predicted molar refractivity (Wildman–Crippen MR) is 151 cm³/mol. The number of amides is 3. The molecule has 4 atom stereocenters. The van der Waals surface area contributed by atoms with Crippen molar-refractivity contribution in [1.82, 2.24) is 25.3 Å². The van der Waals surface area contributed by atoms with Crippen LogP contribution in [0.15, 0.2) is 28.7 Å². The molecule has 3 aromatic rings. The number of carbonyl (C=O) groups is 3. The Morgan fingerprint density at radius 1 is 1.16 bits per heavy atom. The van der Waals surface area contributed by atoms with Crippen molar-refractivity contribution < 1.29 is 46.7 Å². The molecule has 3 saturated heterocycles. The van der Waals surface area contributed by atoms with E-state index in [1.807, 2.05) is 0 Å². The lowest BCUT2D eigenvalue weighted by molar-refractivity contribution is -0.151. The van der Waals surface area contributed by atoms with Crippen LogP contribution in [0.5, 0.6) is 0 Å². The standard InChI is InChI=1S/C27H30F2N5O8PS/c1-14-31-32-24(42-14)20-13-33(9-10-41-20)26(37)19-7-6-17-3-2-4-18(25(36)34(17)19)30-23(35)22-12-15-11-16(5-8-21(15)44-22)27(28,29)43(38,39)40/h5,8,11-12,17-20H,2-4,6-7,9-10,13H2,1H3,(H,30,35)(H2,38,39,40)/t17-,18?,19-,20?/m0/s1. The summed E-state index contributed by atoms with van der Waals surface area (Å²) in [4.78, 5) is 62.4. The molecule has 2 aromatic heterocycles. The van der Waals surface area contributed by atoms with Gasteiger partial charge in [0.2, 0.25) is 23.6 Å². The van der Waals surface area contributed by atoms with Crippen LogP contribution < -0.4 is 5.32 Å². The molecule has 17 heteroatoms. The van der Waals surface area contributed by atoms with Crippen LogP contribution in [0, 0.1) is 6.92 Å². The minimum atomic E-state index is -5.76. The van der Waals surface area contributed by atoms with Gasteiger partial charge >= 0.3 is 13.3 Å². The van der Waals surface area contributed by atoms with Crippen molar-refractivity contribution >= 4 is 46.7 Å². The van der Waals surface area contributed by atoms with Crippen molar-refractivity contribution in [3.8, 4) is 0 Å². The predicted octanol–water partition coefficient (Wildman–Crippen LogP) is 3.06. The number of thiophene rings is 1. The quantitative estimate of drug-likeness (QED) is 0.336. The number of alkyl halides is 2. The second-order valence-electron chi connectivity index (χ2n) is 11.2. The summed E-state index contributed by atoms with van der Waals surface area (Å²) >= 11 is 1.00. The highest BCUT2D eigenvalue weighted by atomic mass is 32.1. The Labute approximate surface area is 253 Å². The fraction of sp³-hybridized carbons (Fsp3) is 0.519. The lowest BCUT2D eigenvalue weighted by Crippen LogP contribution is -2.56. The van der Waals surface area contributed by atoms with Crippen LogP contribution in [0.3, 0.4) is 0 Å². The van der Waals surface area contributed by atoms with E-state index in [9.17, 15) is 27.7 Å². The van der Waals surface area contributed by atoms with Crippen LogP contribution in [0.25, 0.3) is 10.1 Å². The number of aryl methyl sites for hydroxylation is 1. The Bertz CT molecular complexity index is 1660. The van der Waals surface area contributed by atoms with Crippen molar-refractivity contribution in [1.29, 1.82) is 0 Å². The fourth-order valence-corrected chi connectivity index (χ4v) is 7.55. The van der Waals surface area contributed by atoms with Crippen molar-refractivity contribution in [2.75, 3.05) is 19.7 Å². The maximum absolute atomic E-state index is 14.2. The van der Waals surface area contributed by atoms with E-state index >= 15 is 0 Å². The molecule has 3 N–H and O–H groups in total. The molecular formula is C27H30F2N5O8PS. The Kier molecular flexibility index (Phi) is 8.07. The van der Waals surface area contributed by atoms with Gasteiger partial charge in [0.05, 0.1) is 18.0 Å². The van der Waals surface area contributed by atoms with E-state index < -0.39 is 42.9 Å². The molecule has 3 fully saturated rings. The van der Waals surface area contributed by atoms with Crippen LogP contribution in [-0.4, -0.2) is 85.3 Å². The van der Waals surface area contributed by atoms with Gasteiger partial charge in [-0.2, -0.15) is 8.78 Å². The third-order valence-corrected chi connectivity index (χ3v) is 10.4. The van der Waals surface area contributed by atoms with E-state index in [-0.39, 0.29) is 47.2 Å². The highest BCUT2D eigenvalue weighted by molar-refractivity contribution is 7.52. The lowest BCUT2D eigenvalue weighted by Gasteiger charge is -2.36. The van der Waals surface area contributed by atoms with Gasteiger partial charge in [0, 0.05) is 29.8 Å². The maximum Gasteiger partial charge on any atom is 0.399 e. The Hall–Kier alpha value is -3.30. The molecule has 5 heterocycles. The highest BCUT2D eigenvalue weighted by Gasteiger charge is 2.50. The molecular weight excluding hydrogens is 623 g/mol. The Morgan fingerprint density at radius 2 is 1.95 bits per heavy atom. The summed E-state index contributed by atoms with van der Waals surface area (Å²) in [7, 11) is -5.76. The van der Waals surface area contributed by atoms with Gasteiger partial charge in [0.15, 0.2) is 6.10 Å². The molecule has 0 spiro atoms. The summed E-state index contributed by atoms with van der Waals surface area (Å²) in [5, 5.41) is 10.8. The van der Waals surface area contributed by atoms with Crippen LogP contribution in [0.2, 0.25) is 0 Å². The van der Waals surface area contributed by atoms with Gasteiger partial charge in [-0.15, -0.1) is 21.5 Å². The number of carbonyl (C=O) groups excluding carboxylic acids is 3. The summed E-state index contributed by atoms with van der Waals surface area (Å²) in [6, 6.07) is 2.77. The molecule has 1 aromatic carbocycles. The zero-order chi connectivity index (χ0) is 31.4. The van der Waals surface area contributed by atoms with E-state index in [4.69, 9.17) is 18.9 Å². The smallest absolute Gasteiger partial charge is 0.399 e. The number of aromatic nitrogens is 2. The van der Waals surface area contributed by atoms with Crippen LogP contribution >= 0.6 is 18.9 Å². The number of rotatable bonds is 6. The molecule has 3 aliphatic rings. The number of nitrogens with one attached hydrogen (secondary N) is 1. The number of morpholine rings is 1. The van der Waals surface area contributed by atoms with Crippen LogP contribution in [0.4, 0.5) is 8.78 Å². The fourth-order valence-electron chi connectivity index (χ4n) is 6.13. The van der Waals surface area contributed by atoms with Gasteiger partial charge in [-0.25, -0.2) is 0 Å². The number of halogens is 2. The zero-order valence-electron chi connectivity index (χ0n) is 23.5. The Morgan fingerprint density at radius 3 is 2.68 bits per heavy atom. The average Bonchev–Trinajstić information content (AvgIpc) is 3.71. The van der Waals surface area contributed by atoms with Gasteiger partial charge in [0.25, 0.3) is 5.91 Å². The van der Waals surface area contributed by atoms with E-state index in [0.29, 0.717) is 49.2 Å². The third-order valence-electron chi connectivity index (χ3n) is 8.32. The minimum Gasteiger partial charge on any atom is -0.423 e. The van der Waals surface area contributed by atoms with Crippen molar-refractivity contribution in [3.05, 3.63) is 46.5 Å². The highest BCUT2D eigenvalue weighted by Crippen LogP contribution is 2.59. The molecule has 0 saturated carbocycles. The number of nitrogens with zero attached hydrogens (tertiary/aromatic N) is 4. The molecule has 44 heavy (non-hydrogen) atoms. The van der Waals surface area contributed by atoms with Gasteiger partial charge in [0.1, 0.15) is 12.1 Å². The van der Waals surface area contributed by atoms with Crippen LogP contribution in [0.1, 0.15) is 65.2 Å². The number of hydrogen-bond donors (Lipinski definition) is 3. The largest absolute Gasteiger partial charge is 0.423 e. The first-order valence-corrected chi connectivity index (χ1v) is 16.6. The number of hydrogen-bond acceptors (Lipinski definition) is 9. The number of ether oxygens (including phenoxy) is 1. The number of benzene rings is 1. The topological polar surface area (TPSA) is 175 Å². The normalized spacial score (nSPS) is 24.8. The third kappa shape index (κ3) is 5.65. The van der Waals surface area contributed by atoms with E-state index in [0.717, 1.165) is 23.5 Å². The molecule has 0 aliphatic carbocycles. The molecule has 2 unspecified atom stereocenters. The first-order valence-electron chi connectivity index (χ1n) is 14.1. The molecule has 0 radical (unpaired) electrons. The summed E-state index contributed by atoms with van der Waals surface area (Å²) in [6.45, 7) is 2.49. The van der Waals surface area contributed by atoms with E-state index in [1.165, 1.54) is 12.1 Å². The molecule has 3 amide bonds. The molecule has 236 valence electrons. The summed E-state index contributed by atoms with van der Waals surface area (Å²) in [6.07, 6.45) is 2.31. The first kappa shape index (κ1) is 30.7. The van der Waals surface area contributed by atoms with Gasteiger partial charge in [-0.1, -0.05) is 6.07 Å². The summed E-state index contributed by atoms with van der Waals surface area (Å²) in [5.41, 5.74) is -5.25. The average molecular weight is 654 g/mol. The SMILES string of the molecule is Cc1nnc(C2CN(C(=O)[C@@H]3CC[C@@H]4CCCC(NC(=O)c5cc6cc(C(F)(F)P(=O)(O)O)ccc6s5)C(=O)N43)CCO2)o1. The Balaban J connectivity index is 1.16. The minimum absolute atomic E-state index is 0.132. The maximum atomic E-state index is 14.2. The van der Waals surface area contributed by atoms with Crippen LogP contribution in [-0.2, 0) is 24.6 Å². The summed E-state index contributed by atoms with van der Waals surface area (Å²) < 4.78 is 51.5. The van der Waals surface area contributed by atoms with Crippen molar-refractivity contribution in [2.24, 2.45) is 0 Å².